The van der Waals surface area contributed by atoms with E-state index >= 15 is 0 Å². The van der Waals surface area contributed by atoms with Crippen molar-refractivity contribution in [1.29, 1.82) is 0 Å². The molecule has 3 aliphatic rings. The molecule has 2 aliphatic carbocycles. The first-order valence-electron chi connectivity index (χ1n) is 10.4. The summed E-state index contributed by atoms with van der Waals surface area (Å²) in [5.74, 6) is -1.09. The number of rotatable bonds is 6. The number of fused-ring (bicyclic) bond motifs is 1. The van der Waals surface area contributed by atoms with Gasteiger partial charge in [-0.1, -0.05) is 25.0 Å². The van der Waals surface area contributed by atoms with Crippen molar-refractivity contribution in [3.05, 3.63) is 34.9 Å². The van der Waals surface area contributed by atoms with E-state index in [2.05, 4.69) is 5.32 Å². The minimum Gasteiger partial charge on any atom is -0.457 e. The molecule has 1 saturated carbocycles. The number of carbonyl (C=O) groups excluding carboxylic acids is 4. The Balaban J connectivity index is 1.26. The zero-order chi connectivity index (χ0) is 20.4. The van der Waals surface area contributed by atoms with E-state index in [0.717, 1.165) is 37.0 Å². The van der Waals surface area contributed by atoms with Crippen LogP contribution in [0.3, 0.4) is 0 Å². The smallest absolute Gasteiger partial charge is 0.325 e. The number of esters is 1. The Labute approximate surface area is 169 Å². The van der Waals surface area contributed by atoms with Gasteiger partial charge in [0.25, 0.3) is 5.91 Å². The Hall–Kier alpha value is -2.70. The molecule has 7 heteroatoms. The van der Waals surface area contributed by atoms with Gasteiger partial charge in [0.1, 0.15) is 5.54 Å². The molecule has 0 unspecified atom stereocenters. The third kappa shape index (κ3) is 3.91. The molecule has 1 aliphatic heterocycles. The highest BCUT2D eigenvalue weighted by atomic mass is 16.5. The lowest BCUT2D eigenvalue weighted by molar-refractivity contribution is -0.143. The van der Waals surface area contributed by atoms with Crippen LogP contribution in [-0.4, -0.2) is 47.3 Å². The van der Waals surface area contributed by atoms with Crippen LogP contribution >= 0.6 is 0 Å². The summed E-state index contributed by atoms with van der Waals surface area (Å²) in [6.07, 6.45) is 7.32. The summed E-state index contributed by atoms with van der Waals surface area (Å²) in [7, 11) is 0. The first kappa shape index (κ1) is 19.6. The maximum atomic E-state index is 12.6. The largest absolute Gasteiger partial charge is 0.457 e. The number of carbonyl (C=O) groups is 4. The summed E-state index contributed by atoms with van der Waals surface area (Å²) in [5, 5.41) is 2.78. The molecule has 0 aromatic heterocycles. The van der Waals surface area contributed by atoms with Crippen molar-refractivity contribution < 1.29 is 23.9 Å². The summed E-state index contributed by atoms with van der Waals surface area (Å²) in [6, 6.07) is 5.22. The number of hydrogen-bond acceptors (Lipinski definition) is 5. The van der Waals surface area contributed by atoms with Crippen molar-refractivity contribution in [2.45, 2.75) is 63.3 Å². The molecule has 2 fully saturated rings. The molecule has 0 atom stereocenters. The zero-order valence-corrected chi connectivity index (χ0v) is 16.5. The Kier molecular flexibility index (Phi) is 5.39. The second kappa shape index (κ2) is 7.97. The van der Waals surface area contributed by atoms with Gasteiger partial charge in [-0.25, -0.2) is 4.79 Å². The standard InChI is InChI=1S/C22H26N2O5/c25-18(17-8-7-15-5-1-2-6-16(15)13-17)14-29-19(26)9-12-24-20(27)22(23-21(24)28)10-3-4-11-22/h7-8,13H,1-6,9-12,14H2,(H,23,28). The van der Waals surface area contributed by atoms with Crippen LogP contribution < -0.4 is 5.32 Å². The van der Waals surface area contributed by atoms with Crippen molar-refractivity contribution in [1.82, 2.24) is 10.2 Å². The van der Waals surface area contributed by atoms with Gasteiger partial charge in [0.15, 0.2) is 12.4 Å². The number of nitrogens with one attached hydrogen (secondary N) is 1. The third-order valence-corrected chi connectivity index (χ3v) is 6.28. The number of amides is 3. The number of ether oxygens (including phenoxy) is 1. The van der Waals surface area contributed by atoms with Gasteiger partial charge in [0.05, 0.1) is 6.42 Å². The highest BCUT2D eigenvalue weighted by molar-refractivity contribution is 6.07. The lowest BCUT2D eigenvalue weighted by Crippen LogP contribution is -2.44. The number of hydrogen-bond donors (Lipinski definition) is 1. The minimum absolute atomic E-state index is 0.0295. The first-order chi connectivity index (χ1) is 14.0. The van der Waals surface area contributed by atoms with Crippen LogP contribution in [0.4, 0.5) is 4.79 Å². The van der Waals surface area contributed by atoms with E-state index in [4.69, 9.17) is 4.74 Å². The number of Topliss-reactive ketones (excluding diaryl/α,β-unsaturated/α-hetero) is 1. The lowest BCUT2D eigenvalue weighted by atomic mass is 9.90. The Morgan fingerprint density at radius 3 is 2.52 bits per heavy atom. The number of urea groups is 1. The van der Waals surface area contributed by atoms with Crippen molar-refractivity contribution in [2.24, 2.45) is 0 Å². The highest BCUT2D eigenvalue weighted by Crippen LogP contribution is 2.35. The zero-order valence-electron chi connectivity index (χ0n) is 16.5. The summed E-state index contributed by atoms with van der Waals surface area (Å²) in [6.45, 7) is -0.361. The SMILES string of the molecule is O=C(CCN1C(=O)NC2(CCCC2)C1=O)OCC(=O)c1ccc2c(c1)CCCC2. The van der Waals surface area contributed by atoms with E-state index < -0.39 is 17.5 Å². The highest BCUT2D eigenvalue weighted by Gasteiger charge is 2.52. The summed E-state index contributed by atoms with van der Waals surface area (Å²) in [5.41, 5.74) is 2.27. The van der Waals surface area contributed by atoms with Gasteiger partial charge in [-0.15, -0.1) is 0 Å². The number of imide groups is 1. The molecule has 1 N–H and O–H groups in total. The van der Waals surface area contributed by atoms with Gasteiger partial charge < -0.3 is 10.1 Å². The van der Waals surface area contributed by atoms with E-state index in [1.165, 1.54) is 17.5 Å². The lowest BCUT2D eigenvalue weighted by Gasteiger charge is -2.19. The molecule has 1 aromatic rings. The van der Waals surface area contributed by atoms with Gasteiger partial charge in [-0.05, 0) is 55.7 Å². The van der Waals surface area contributed by atoms with E-state index in [1.54, 1.807) is 6.07 Å². The Morgan fingerprint density at radius 1 is 1.03 bits per heavy atom. The number of aryl methyl sites for hydroxylation is 2. The van der Waals surface area contributed by atoms with Crippen LogP contribution in [0, 0.1) is 0 Å². The van der Waals surface area contributed by atoms with Gasteiger partial charge in [0.2, 0.25) is 0 Å². The second-order valence-electron chi connectivity index (χ2n) is 8.20. The van der Waals surface area contributed by atoms with Gasteiger partial charge in [0, 0.05) is 12.1 Å². The number of benzene rings is 1. The fraction of sp³-hybridized carbons (Fsp3) is 0.545. The maximum absolute atomic E-state index is 12.6. The predicted octanol–water partition coefficient (Wildman–Crippen LogP) is 2.55. The molecule has 29 heavy (non-hydrogen) atoms. The summed E-state index contributed by atoms with van der Waals surface area (Å²) in [4.78, 5) is 50.2. The molecular formula is C22H26N2O5. The molecule has 3 amide bonds. The average molecular weight is 398 g/mol. The number of ketones is 1. The van der Waals surface area contributed by atoms with Crippen LogP contribution in [0.5, 0.6) is 0 Å². The molecule has 7 nitrogen and oxygen atoms in total. The second-order valence-corrected chi connectivity index (χ2v) is 8.20. The van der Waals surface area contributed by atoms with Gasteiger partial charge in [-0.2, -0.15) is 0 Å². The van der Waals surface area contributed by atoms with Gasteiger partial charge >= 0.3 is 12.0 Å². The van der Waals surface area contributed by atoms with Crippen LogP contribution in [0.1, 0.15) is 66.4 Å². The number of nitrogens with zero attached hydrogens (tertiary/aromatic N) is 1. The minimum atomic E-state index is -0.774. The van der Waals surface area contributed by atoms with E-state index in [1.807, 2.05) is 12.1 Å². The fourth-order valence-electron chi connectivity index (χ4n) is 4.61. The molecule has 1 saturated heterocycles. The molecule has 1 aromatic carbocycles. The van der Waals surface area contributed by atoms with Crippen LogP contribution in [0.25, 0.3) is 0 Å². The van der Waals surface area contributed by atoms with Crippen molar-refractivity contribution >= 4 is 23.7 Å². The average Bonchev–Trinajstić information content (AvgIpc) is 3.29. The molecule has 0 bridgehead atoms. The van der Waals surface area contributed by atoms with Crippen LogP contribution in [0.15, 0.2) is 18.2 Å². The molecule has 0 radical (unpaired) electrons. The third-order valence-electron chi connectivity index (χ3n) is 6.28. The van der Waals surface area contributed by atoms with E-state index in [-0.39, 0.29) is 31.3 Å². The topological polar surface area (TPSA) is 92.8 Å². The molecule has 1 heterocycles. The van der Waals surface area contributed by atoms with Crippen molar-refractivity contribution in [2.75, 3.05) is 13.2 Å². The predicted molar refractivity (Wildman–Crippen MR) is 104 cm³/mol. The summed E-state index contributed by atoms with van der Waals surface area (Å²) >= 11 is 0. The molecular weight excluding hydrogens is 372 g/mol. The van der Waals surface area contributed by atoms with Crippen molar-refractivity contribution in [3.8, 4) is 0 Å². The van der Waals surface area contributed by atoms with E-state index in [9.17, 15) is 19.2 Å². The van der Waals surface area contributed by atoms with Crippen molar-refractivity contribution in [3.63, 3.8) is 0 Å². The Bertz CT molecular complexity index is 857. The molecule has 4 rings (SSSR count). The maximum Gasteiger partial charge on any atom is 0.325 e. The monoisotopic (exact) mass is 398 g/mol. The van der Waals surface area contributed by atoms with Crippen LogP contribution in [-0.2, 0) is 27.2 Å². The summed E-state index contributed by atoms with van der Waals surface area (Å²) < 4.78 is 5.09. The molecule has 154 valence electrons. The Morgan fingerprint density at radius 2 is 1.76 bits per heavy atom. The first-order valence-corrected chi connectivity index (χ1v) is 10.4. The normalized spacial score (nSPS) is 19.9. The van der Waals surface area contributed by atoms with E-state index in [0.29, 0.717) is 18.4 Å². The molecule has 1 spiro atoms. The van der Waals surface area contributed by atoms with Gasteiger partial charge in [-0.3, -0.25) is 19.3 Å². The fourth-order valence-corrected chi connectivity index (χ4v) is 4.61. The quantitative estimate of drug-likeness (QED) is 0.452. The van der Waals surface area contributed by atoms with Crippen LogP contribution in [0.2, 0.25) is 0 Å².